The van der Waals surface area contributed by atoms with E-state index < -0.39 is 0 Å². The molecule has 1 aliphatic rings. The minimum absolute atomic E-state index is 0.225. The number of hydrogen-bond donors (Lipinski definition) is 2. The molecule has 3 aromatic heterocycles. The van der Waals surface area contributed by atoms with Crippen molar-refractivity contribution in [3.63, 3.8) is 0 Å². The van der Waals surface area contributed by atoms with Crippen LogP contribution in [0.2, 0.25) is 0 Å². The number of nitrogens with zero attached hydrogens (tertiary/aromatic N) is 4. The second kappa shape index (κ2) is 8.44. The molecule has 0 saturated carbocycles. The van der Waals surface area contributed by atoms with Crippen LogP contribution in [0.3, 0.4) is 0 Å². The van der Waals surface area contributed by atoms with Gasteiger partial charge in [-0.25, -0.2) is 9.67 Å². The molecular weight excluding hydrogens is 372 g/mol. The normalized spacial score (nSPS) is 14.8. The average Bonchev–Trinajstić information content (AvgIpc) is 3.18. The molecule has 3 aromatic rings. The highest BCUT2D eigenvalue weighted by molar-refractivity contribution is 6.06. The number of carbonyl (C=O) groups excluding carboxylic acids is 1. The Labute approximate surface area is 168 Å². The molecule has 0 atom stereocenters. The molecule has 29 heavy (non-hydrogen) atoms. The van der Waals surface area contributed by atoms with Crippen molar-refractivity contribution in [3.8, 4) is 0 Å². The Balaban J connectivity index is 1.61. The van der Waals surface area contributed by atoms with Gasteiger partial charge in [-0.2, -0.15) is 9.83 Å². The van der Waals surface area contributed by atoms with E-state index in [-0.39, 0.29) is 11.9 Å². The molecule has 2 N–H and O–H groups in total. The van der Waals surface area contributed by atoms with Gasteiger partial charge < -0.3 is 20.6 Å². The molecule has 4 rings (SSSR count). The Bertz CT molecular complexity index is 995. The van der Waals surface area contributed by atoms with Crippen molar-refractivity contribution in [2.45, 2.75) is 38.9 Å². The lowest BCUT2D eigenvalue weighted by Crippen LogP contribution is -2.30. The van der Waals surface area contributed by atoms with E-state index in [2.05, 4.69) is 20.7 Å². The second-order valence-corrected chi connectivity index (χ2v) is 7.02. The zero-order chi connectivity index (χ0) is 20.2. The van der Waals surface area contributed by atoms with Crippen molar-refractivity contribution in [2.75, 3.05) is 18.5 Å². The fourth-order valence-corrected chi connectivity index (χ4v) is 3.47. The first-order valence-electron chi connectivity index (χ1n) is 9.80. The summed E-state index contributed by atoms with van der Waals surface area (Å²) >= 11 is 0. The van der Waals surface area contributed by atoms with Gasteiger partial charge in [0, 0.05) is 50.7 Å². The Hall–Kier alpha value is -3.20. The van der Waals surface area contributed by atoms with Crippen LogP contribution in [0.1, 0.15) is 35.7 Å². The zero-order valence-electron chi connectivity index (χ0n) is 16.3. The van der Waals surface area contributed by atoms with Crippen LogP contribution in [0, 0.1) is 5.21 Å². The lowest BCUT2D eigenvalue weighted by molar-refractivity contribution is -0.605. The third-order valence-electron chi connectivity index (χ3n) is 5.10. The molecule has 0 unspecified atom stereocenters. The summed E-state index contributed by atoms with van der Waals surface area (Å²) in [6.07, 6.45) is 7.94. The van der Waals surface area contributed by atoms with Crippen LogP contribution in [0.4, 0.5) is 5.69 Å². The number of nitrogens with one attached hydrogen (secondary N) is 2. The maximum absolute atomic E-state index is 13.0. The number of rotatable bonds is 6. The standard InChI is InChI=1S/C20H24N6O3/c1-2-26-19-16(13-23-26)18(24-15-5-9-29-10-6-15)17(12-21-19)20(27)22-11-14-3-7-25(28)8-4-14/h3-4,7-8,12-13,15H,2,5-6,9-11H2,1H3,(H,21,24)(H,22,27). The van der Waals surface area contributed by atoms with Gasteiger partial charge in [0.15, 0.2) is 18.0 Å². The number of aromatic nitrogens is 4. The topological polar surface area (TPSA) is 108 Å². The summed E-state index contributed by atoms with van der Waals surface area (Å²) in [5.41, 5.74) is 2.83. The van der Waals surface area contributed by atoms with Crippen LogP contribution >= 0.6 is 0 Å². The summed E-state index contributed by atoms with van der Waals surface area (Å²) in [6.45, 7) is 4.44. The molecule has 9 nitrogen and oxygen atoms in total. The minimum atomic E-state index is -0.225. The number of ether oxygens (including phenoxy) is 1. The third kappa shape index (κ3) is 4.14. The van der Waals surface area contributed by atoms with Crippen LogP contribution in [0.5, 0.6) is 0 Å². The van der Waals surface area contributed by atoms with E-state index in [0.717, 1.165) is 35.1 Å². The largest absolute Gasteiger partial charge is 0.619 e. The first kappa shape index (κ1) is 19.1. The maximum Gasteiger partial charge on any atom is 0.255 e. The molecule has 9 heteroatoms. The predicted molar refractivity (Wildman–Crippen MR) is 107 cm³/mol. The van der Waals surface area contributed by atoms with Crippen molar-refractivity contribution >= 4 is 22.6 Å². The lowest BCUT2D eigenvalue weighted by Gasteiger charge is -2.25. The fraction of sp³-hybridized carbons (Fsp3) is 0.400. The van der Waals surface area contributed by atoms with Gasteiger partial charge >= 0.3 is 0 Å². The Morgan fingerprint density at radius 3 is 2.79 bits per heavy atom. The van der Waals surface area contributed by atoms with Crippen LogP contribution < -0.4 is 15.4 Å². The molecule has 0 spiro atoms. The molecule has 1 aliphatic heterocycles. The van der Waals surface area contributed by atoms with E-state index in [9.17, 15) is 10.0 Å². The third-order valence-corrected chi connectivity index (χ3v) is 5.10. The highest BCUT2D eigenvalue weighted by atomic mass is 16.5. The first-order valence-corrected chi connectivity index (χ1v) is 9.80. The molecule has 1 saturated heterocycles. The van der Waals surface area contributed by atoms with Gasteiger partial charge in [-0.3, -0.25) is 4.79 Å². The average molecular weight is 396 g/mol. The fourth-order valence-electron chi connectivity index (χ4n) is 3.47. The molecule has 0 radical (unpaired) electrons. The predicted octanol–water partition coefficient (Wildman–Crippen LogP) is 1.61. The molecule has 0 bridgehead atoms. The SMILES string of the molecule is CCn1ncc2c(NC3CCOCC3)c(C(=O)NCc3cc[n+]([O-])cc3)cnc21. The van der Waals surface area contributed by atoms with Gasteiger partial charge in [0.1, 0.15) is 0 Å². The Morgan fingerprint density at radius 2 is 2.07 bits per heavy atom. The molecule has 4 heterocycles. The molecule has 0 aliphatic carbocycles. The van der Waals surface area contributed by atoms with Gasteiger partial charge in [0.25, 0.3) is 5.91 Å². The van der Waals surface area contributed by atoms with Crippen LogP contribution in [-0.2, 0) is 17.8 Å². The van der Waals surface area contributed by atoms with E-state index in [1.165, 1.54) is 12.4 Å². The Kier molecular flexibility index (Phi) is 5.57. The maximum atomic E-state index is 13.0. The number of pyridine rings is 2. The van der Waals surface area contributed by atoms with Crippen LogP contribution in [0.25, 0.3) is 11.0 Å². The van der Waals surface area contributed by atoms with Crippen LogP contribution in [0.15, 0.2) is 36.9 Å². The number of aryl methyl sites for hydroxylation is 1. The van der Waals surface area contributed by atoms with Crippen molar-refractivity contribution in [2.24, 2.45) is 0 Å². The second-order valence-electron chi connectivity index (χ2n) is 7.02. The summed E-state index contributed by atoms with van der Waals surface area (Å²) in [5.74, 6) is -0.225. The van der Waals surface area contributed by atoms with Gasteiger partial charge in [0.2, 0.25) is 0 Å². The molecular formula is C20H24N6O3. The number of anilines is 1. The number of hydrogen-bond acceptors (Lipinski definition) is 6. The van der Waals surface area contributed by atoms with Gasteiger partial charge in [0.05, 0.1) is 22.8 Å². The molecule has 1 amide bonds. The zero-order valence-corrected chi connectivity index (χ0v) is 16.3. The molecule has 152 valence electrons. The number of carbonyl (C=O) groups is 1. The summed E-state index contributed by atoms with van der Waals surface area (Å²) < 4.78 is 7.97. The van der Waals surface area contributed by atoms with Crippen molar-refractivity contribution < 1.29 is 14.3 Å². The summed E-state index contributed by atoms with van der Waals surface area (Å²) in [6, 6.07) is 3.59. The number of fused-ring (bicyclic) bond motifs is 1. The van der Waals surface area contributed by atoms with E-state index in [0.29, 0.717) is 36.6 Å². The summed E-state index contributed by atoms with van der Waals surface area (Å²) in [5, 5.41) is 22.8. The lowest BCUT2D eigenvalue weighted by atomic mass is 10.1. The van der Waals surface area contributed by atoms with E-state index >= 15 is 0 Å². The smallest absolute Gasteiger partial charge is 0.255 e. The van der Waals surface area contributed by atoms with E-state index in [1.54, 1.807) is 24.5 Å². The highest BCUT2D eigenvalue weighted by Gasteiger charge is 2.22. The van der Waals surface area contributed by atoms with Gasteiger partial charge in [-0.05, 0) is 25.3 Å². The first-order chi connectivity index (χ1) is 14.2. The minimum Gasteiger partial charge on any atom is -0.619 e. The quantitative estimate of drug-likeness (QED) is 0.484. The van der Waals surface area contributed by atoms with E-state index in [4.69, 9.17) is 4.74 Å². The van der Waals surface area contributed by atoms with Gasteiger partial charge in [-0.15, -0.1) is 0 Å². The Morgan fingerprint density at radius 1 is 1.31 bits per heavy atom. The monoisotopic (exact) mass is 396 g/mol. The van der Waals surface area contributed by atoms with Crippen molar-refractivity contribution in [1.29, 1.82) is 0 Å². The van der Waals surface area contributed by atoms with Crippen molar-refractivity contribution in [1.82, 2.24) is 20.1 Å². The van der Waals surface area contributed by atoms with E-state index in [1.807, 2.05) is 11.6 Å². The highest BCUT2D eigenvalue weighted by Crippen LogP contribution is 2.28. The summed E-state index contributed by atoms with van der Waals surface area (Å²) in [7, 11) is 0. The van der Waals surface area contributed by atoms with Gasteiger partial charge in [-0.1, -0.05) is 0 Å². The molecule has 1 fully saturated rings. The van der Waals surface area contributed by atoms with Crippen LogP contribution in [-0.4, -0.2) is 39.9 Å². The molecule has 0 aromatic carbocycles. The number of amides is 1. The summed E-state index contributed by atoms with van der Waals surface area (Å²) in [4.78, 5) is 17.4. The van der Waals surface area contributed by atoms with Crippen molar-refractivity contribution in [3.05, 3.63) is 53.3 Å².